The summed E-state index contributed by atoms with van der Waals surface area (Å²) in [4.78, 5) is 72.2. The Balaban J connectivity index is 5.25. The summed E-state index contributed by atoms with van der Waals surface area (Å²) in [6, 6.07) is 0. The summed E-state index contributed by atoms with van der Waals surface area (Å²) in [6.45, 7) is 4.81. The highest BCUT2D eigenvalue weighted by Gasteiger charge is 2.30. The second-order valence-electron chi connectivity index (χ2n) is 23.5. The zero-order valence-electron chi connectivity index (χ0n) is 54.8. The number of ether oxygens (including phenoxy) is 4. The van der Waals surface area contributed by atoms with Gasteiger partial charge in [-0.1, -0.05) is 270 Å². The number of aliphatic hydroxyl groups is 1. The Labute approximate surface area is 522 Å². The van der Waals surface area contributed by atoms with Crippen molar-refractivity contribution in [1.29, 1.82) is 0 Å². The molecule has 5 atom stereocenters. The van der Waals surface area contributed by atoms with Gasteiger partial charge in [-0.25, -0.2) is 9.13 Å². The van der Waals surface area contributed by atoms with Crippen LogP contribution in [0.15, 0.2) is 24.3 Å². The first-order valence-electron chi connectivity index (χ1n) is 34.6. The van der Waals surface area contributed by atoms with Crippen LogP contribution in [-0.4, -0.2) is 96.7 Å². The molecule has 17 nitrogen and oxygen atoms in total. The highest BCUT2D eigenvalue weighted by molar-refractivity contribution is 7.47. The summed E-state index contributed by atoms with van der Waals surface area (Å²) < 4.78 is 68.0. The van der Waals surface area contributed by atoms with Crippen LogP contribution in [0.2, 0.25) is 0 Å². The van der Waals surface area contributed by atoms with Crippen molar-refractivity contribution in [3.63, 3.8) is 0 Å². The minimum Gasteiger partial charge on any atom is -0.462 e. The average Bonchev–Trinajstić information content (AvgIpc) is 3.63. The van der Waals surface area contributed by atoms with Gasteiger partial charge in [0.2, 0.25) is 0 Å². The number of phosphoric ester groups is 2. The second kappa shape index (κ2) is 61.4. The summed E-state index contributed by atoms with van der Waals surface area (Å²) in [6.07, 6.45) is 50.8. The van der Waals surface area contributed by atoms with Gasteiger partial charge >= 0.3 is 39.5 Å². The normalized spacial score (nSPS) is 14.3. The molecule has 0 aliphatic carbocycles. The van der Waals surface area contributed by atoms with Crippen molar-refractivity contribution in [2.24, 2.45) is 0 Å². The SMILES string of the molecule is CCCCCC/C=C\C=C/CCCCCCCC(=O)O[C@H](COC(=O)CCCCCCCCCCCCCCCC)COP(=O)(O)OC[C@@H](O)COP(=O)(O)OC[C@@H](COC(=O)CCCCCCCCCC)OC(=O)CCCCCCCCCCC. The quantitative estimate of drug-likeness (QED) is 0.0169. The largest absolute Gasteiger partial charge is 0.472 e. The van der Waals surface area contributed by atoms with Gasteiger partial charge in [0.05, 0.1) is 26.4 Å². The van der Waals surface area contributed by atoms with Crippen molar-refractivity contribution < 1.29 is 80.2 Å². The molecular weight excluding hydrogens is 1140 g/mol. The highest BCUT2D eigenvalue weighted by atomic mass is 31.2. The summed E-state index contributed by atoms with van der Waals surface area (Å²) in [7, 11) is -9.90. The van der Waals surface area contributed by atoms with E-state index in [2.05, 4.69) is 52.0 Å². The van der Waals surface area contributed by atoms with Crippen LogP contribution in [0.3, 0.4) is 0 Å². The molecule has 0 bridgehead atoms. The molecule has 0 radical (unpaired) electrons. The smallest absolute Gasteiger partial charge is 0.462 e. The molecule has 0 spiro atoms. The maximum Gasteiger partial charge on any atom is 0.472 e. The molecule has 19 heteroatoms. The third-order valence-electron chi connectivity index (χ3n) is 15.0. The third kappa shape index (κ3) is 60.5. The number of rotatable bonds is 66. The maximum absolute atomic E-state index is 13.0. The molecule has 506 valence electrons. The van der Waals surface area contributed by atoms with Crippen molar-refractivity contribution in [2.45, 2.75) is 341 Å². The predicted octanol–water partition coefficient (Wildman–Crippen LogP) is 18.7. The first-order valence-corrected chi connectivity index (χ1v) is 37.6. The number of esters is 4. The van der Waals surface area contributed by atoms with Crippen LogP contribution in [0.4, 0.5) is 0 Å². The summed E-state index contributed by atoms with van der Waals surface area (Å²) >= 11 is 0. The van der Waals surface area contributed by atoms with Crippen LogP contribution in [0.1, 0.15) is 323 Å². The molecule has 86 heavy (non-hydrogen) atoms. The fourth-order valence-corrected chi connectivity index (χ4v) is 11.2. The Hall–Kier alpha value is -2.46. The lowest BCUT2D eigenvalue weighted by Gasteiger charge is -2.21. The highest BCUT2D eigenvalue weighted by Crippen LogP contribution is 2.45. The van der Waals surface area contributed by atoms with Crippen molar-refractivity contribution >= 4 is 39.5 Å². The average molecular weight is 1270 g/mol. The molecule has 0 saturated heterocycles. The summed E-state index contributed by atoms with van der Waals surface area (Å²) in [5.41, 5.74) is 0. The van der Waals surface area contributed by atoms with Gasteiger partial charge in [-0.15, -0.1) is 0 Å². The fraction of sp³-hybridized carbons (Fsp3) is 0.881. The molecule has 0 fully saturated rings. The minimum atomic E-state index is -4.95. The summed E-state index contributed by atoms with van der Waals surface area (Å²) in [5, 5.41) is 10.5. The molecule has 0 heterocycles. The van der Waals surface area contributed by atoms with E-state index in [1.807, 2.05) is 0 Å². The second-order valence-corrected chi connectivity index (χ2v) is 26.4. The predicted molar refractivity (Wildman–Crippen MR) is 345 cm³/mol. The number of hydrogen-bond acceptors (Lipinski definition) is 15. The first-order chi connectivity index (χ1) is 41.7. The van der Waals surface area contributed by atoms with Gasteiger partial charge in [0, 0.05) is 25.7 Å². The van der Waals surface area contributed by atoms with E-state index >= 15 is 0 Å². The van der Waals surface area contributed by atoms with Gasteiger partial charge in [-0.2, -0.15) is 0 Å². The number of allylic oxidation sites excluding steroid dienone is 4. The maximum atomic E-state index is 13.0. The first kappa shape index (κ1) is 83.5. The number of hydrogen-bond donors (Lipinski definition) is 3. The van der Waals surface area contributed by atoms with E-state index in [0.29, 0.717) is 25.7 Å². The fourth-order valence-electron chi connectivity index (χ4n) is 9.62. The summed E-state index contributed by atoms with van der Waals surface area (Å²) in [5.74, 6) is -2.16. The molecule has 0 aromatic rings. The standard InChI is InChI=1S/C67H126O17P2/c1-5-9-13-17-21-25-27-29-31-33-35-38-42-46-50-54-67(72)84-63(58-78-65(70)52-48-44-40-37-34-32-30-28-26-22-18-14-10-6-2)60-82-86(75,76)80-56-61(68)55-79-85(73,74)81-59-62(57-77-64(69)51-47-43-39-24-20-16-12-8-4)83-66(71)53-49-45-41-36-23-19-15-11-7-3/h25,27,29,31,61-63,68H,5-24,26,28,30,32-60H2,1-4H3,(H,73,74)(H,75,76)/b27-25-,31-29-/t61-,62+,63+/m0/s1. The Morgan fingerprint density at radius 2 is 0.558 bits per heavy atom. The number of carbonyl (C=O) groups excluding carboxylic acids is 4. The van der Waals surface area contributed by atoms with Crippen LogP contribution in [0, 0.1) is 0 Å². The molecular formula is C67H126O17P2. The monoisotopic (exact) mass is 1260 g/mol. The van der Waals surface area contributed by atoms with Gasteiger partial charge in [0.15, 0.2) is 12.2 Å². The molecule has 0 rings (SSSR count). The number of carbonyl (C=O) groups is 4. The molecule has 2 unspecified atom stereocenters. The van der Waals surface area contributed by atoms with Crippen LogP contribution >= 0.6 is 15.6 Å². The lowest BCUT2D eigenvalue weighted by Crippen LogP contribution is -2.30. The van der Waals surface area contributed by atoms with E-state index < -0.39 is 97.5 Å². The molecule has 0 saturated carbocycles. The number of aliphatic hydroxyl groups excluding tert-OH is 1. The molecule has 0 amide bonds. The Bertz CT molecular complexity index is 1750. The van der Waals surface area contributed by atoms with Crippen molar-refractivity contribution in [2.75, 3.05) is 39.6 Å². The van der Waals surface area contributed by atoms with E-state index in [1.54, 1.807) is 0 Å². The Morgan fingerprint density at radius 1 is 0.326 bits per heavy atom. The van der Waals surface area contributed by atoms with Gasteiger partial charge in [0.1, 0.15) is 19.3 Å². The molecule has 0 aromatic carbocycles. The zero-order chi connectivity index (χ0) is 63.3. The molecule has 3 N–H and O–H groups in total. The van der Waals surface area contributed by atoms with E-state index in [9.17, 15) is 43.2 Å². The van der Waals surface area contributed by atoms with Gasteiger partial charge in [-0.05, 0) is 51.4 Å². The van der Waals surface area contributed by atoms with Gasteiger partial charge in [0.25, 0.3) is 0 Å². The van der Waals surface area contributed by atoms with E-state index in [0.717, 1.165) is 109 Å². The number of phosphoric acid groups is 2. The van der Waals surface area contributed by atoms with Crippen molar-refractivity contribution in [1.82, 2.24) is 0 Å². The zero-order valence-corrected chi connectivity index (χ0v) is 56.6. The van der Waals surface area contributed by atoms with Crippen molar-refractivity contribution in [3.05, 3.63) is 24.3 Å². The lowest BCUT2D eigenvalue weighted by molar-refractivity contribution is -0.161. The molecule has 0 aliphatic rings. The third-order valence-corrected chi connectivity index (χ3v) is 16.9. The van der Waals surface area contributed by atoms with E-state index in [4.69, 9.17) is 37.0 Å². The van der Waals surface area contributed by atoms with Crippen LogP contribution in [0.25, 0.3) is 0 Å². The Morgan fingerprint density at radius 3 is 0.849 bits per heavy atom. The van der Waals surface area contributed by atoms with Crippen LogP contribution in [0.5, 0.6) is 0 Å². The molecule has 0 aromatic heterocycles. The van der Waals surface area contributed by atoms with E-state index in [-0.39, 0.29) is 25.7 Å². The molecule has 0 aliphatic heterocycles. The van der Waals surface area contributed by atoms with Gasteiger partial charge < -0.3 is 33.8 Å². The minimum absolute atomic E-state index is 0.0857. The topological polar surface area (TPSA) is 237 Å². The van der Waals surface area contributed by atoms with Crippen LogP contribution < -0.4 is 0 Å². The lowest BCUT2D eigenvalue weighted by atomic mass is 10.0. The van der Waals surface area contributed by atoms with Crippen molar-refractivity contribution in [3.8, 4) is 0 Å². The number of unbranched alkanes of at least 4 members (excludes halogenated alkanes) is 37. The Kier molecular flexibility index (Phi) is 59.6. The van der Waals surface area contributed by atoms with Crippen LogP contribution in [-0.2, 0) is 65.4 Å². The van der Waals surface area contributed by atoms with Gasteiger partial charge in [-0.3, -0.25) is 37.3 Å². The van der Waals surface area contributed by atoms with E-state index in [1.165, 1.54) is 135 Å².